The zero-order valence-corrected chi connectivity index (χ0v) is 20.0. The molecule has 0 saturated heterocycles. The van der Waals surface area contributed by atoms with E-state index in [1.165, 1.54) is 24.8 Å². The summed E-state index contributed by atoms with van der Waals surface area (Å²) in [5.41, 5.74) is 2.17. The van der Waals surface area contributed by atoms with Gasteiger partial charge in [0.15, 0.2) is 0 Å². The molecule has 3 rings (SSSR count). The first-order valence-electron chi connectivity index (χ1n) is 10.9. The Morgan fingerprint density at radius 1 is 1.10 bits per heavy atom. The van der Waals surface area contributed by atoms with Gasteiger partial charge < -0.3 is 15.7 Å². The molecule has 2 fully saturated rings. The van der Waals surface area contributed by atoms with Crippen LogP contribution in [0.4, 0.5) is 0 Å². The highest BCUT2D eigenvalue weighted by atomic mass is 35.5. The van der Waals surface area contributed by atoms with Gasteiger partial charge in [-0.25, -0.2) is 0 Å². The maximum atomic E-state index is 11.2. The van der Waals surface area contributed by atoms with Crippen LogP contribution in [0.2, 0.25) is 0 Å². The molecule has 0 spiro atoms. The lowest BCUT2D eigenvalue weighted by molar-refractivity contribution is -0.146. The number of benzene rings is 1. The fraction of sp³-hybridized carbons (Fsp3) is 0.625. The summed E-state index contributed by atoms with van der Waals surface area (Å²) in [5, 5.41) is 16.6. The van der Waals surface area contributed by atoms with Gasteiger partial charge in [-0.05, 0) is 63.9 Å². The van der Waals surface area contributed by atoms with Crippen LogP contribution in [0.25, 0.3) is 6.08 Å². The standard InChI is InChI=1S/C24H36N2O2.2ClH/c1-4-18(14-17-8-6-5-7-9-17)21-15-22(21)26-20-12-10-19(11-13-20)25-16-24(2,3)23(27)28;;/h5-9,14,19-22,25-26H,4,10-13,15-16H2,1-3H3,(H,27,28);2*1H/b18-14+;;/t19-,20-,21?,22?;;. The predicted octanol–water partition coefficient (Wildman–Crippen LogP) is 5.31. The molecule has 4 nitrogen and oxygen atoms in total. The predicted molar refractivity (Wildman–Crippen MR) is 130 cm³/mol. The molecular formula is C24H38Cl2N2O2. The van der Waals surface area contributed by atoms with Crippen LogP contribution < -0.4 is 10.6 Å². The fourth-order valence-electron chi connectivity index (χ4n) is 4.27. The molecule has 0 aromatic heterocycles. The van der Waals surface area contributed by atoms with Crippen molar-refractivity contribution in [3.8, 4) is 0 Å². The summed E-state index contributed by atoms with van der Waals surface area (Å²) in [6.45, 7) is 6.38. The number of carboxylic acids is 1. The van der Waals surface area contributed by atoms with Crippen LogP contribution in [-0.2, 0) is 4.79 Å². The third-order valence-corrected chi connectivity index (χ3v) is 6.42. The van der Waals surface area contributed by atoms with Crippen molar-refractivity contribution in [1.29, 1.82) is 0 Å². The summed E-state index contributed by atoms with van der Waals surface area (Å²) in [5.74, 6) is -0.0390. The molecular weight excluding hydrogens is 419 g/mol. The lowest BCUT2D eigenvalue weighted by Crippen LogP contribution is -2.45. The average molecular weight is 457 g/mol. The van der Waals surface area contributed by atoms with Gasteiger partial charge in [-0.1, -0.05) is 48.9 Å². The zero-order valence-electron chi connectivity index (χ0n) is 18.4. The number of rotatable bonds is 9. The van der Waals surface area contributed by atoms with Crippen LogP contribution in [0, 0.1) is 11.3 Å². The zero-order chi connectivity index (χ0) is 20.1. The second-order valence-corrected chi connectivity index (χ2v) is 9.22. The van der Waals surface area contributed by atoms with Crippen LogP contribution in [0.3, 0.4) is 0 Å². The summed E-state index contributed by atoms with van der Waals surface area (Å²) < 4.78 is 0. The molecule has 2 saturated carbocycles. The van der Waals surface area contributed by atoms with Gasteiger partial charge in [0.25, 0.3) is 0 Å². The van der Waals surface area contributed by atoms with Crippen molar-refractivity contribution in [2.75, 3.05) is 6.54 Å². The first-order valence-corrected chi connectivity index (χ1v) is 10.9. The molecule has 30 heavy (non-hydrogen) atoms. The summed E-state index contributed by atoms with van der Waals surface area (Å²) >= 11 is 0. The summed E-state index contributed by atoms with van der Waals surface area (Å²) in [6.07, 6.45) is 9.37. The smallest absolute Gasteiger partial charge is 0.310 e. The molecule has 0 heterocycles. The van der Waals surface area contributed by atoms with Crippen molar-refractivity contribution in [2.24, 2.45) is 11.3 Å². The van der Waals surface area contributed by atoms with Crippen molar-refractivity contribution in [3.63, 3.8) is 0 Å². The van der Waals surface area contributed by atoms with E-state index in [2.05, 4.69) is 54.0 Å². The quantitative estimate of drug-likeness (QED) is 0.470. The number of hydrogen-bond acceptors (Lipinski definition) is 3. The second kappa shape index (κ2) is 12.1. The molecule has 170 valence electrons. The van der Waals surface area contributed by atoms with Crippen molar-refractivity contribution < 1.29 is 9.90 Å². The second-order valence-electron chi connectivity index (χ2n) is 9.22. The largest absolute Gasteiger partial charge is 0.481 e. The Morgan fingerprint density at radius 2 is 1.70 bits per heavy atom. The molecule has 1 aromatic rings. The number of carbonyl (C=O) groups is 1. The minimum atomic E-state index is -0.731. The van der Waals surface area contributed by atoms with Crippen LogP contribution in [0.15, 0.2) is 35.9 Å². The molecule has 2 atom stereocenters. The Bertz CT molecular complexity index is 686. The summed E-state index contributed by atoms with van der Waals surface area (Å²) in [7, 11) is 0. The molecule has 0 amide bonds. The van der Waals surface area contributed by atoms with E-state index in [-0.39, 0.29) is 24.8 Å². The highest BCUT2D eigenvalue weighted by molar-refractivity contribution is 5.85. The monoisotopic (exact) mass is 456 g/mol. The number of nitrogens with one attached hydrogen (secondary N) is 2. The number of hydrogen-bond donors (Lipinski definition) is 3. The third-order valence-electron chi connectivity index (χ3n) is 6.42. The molecule has 2 unspecified atom stereocenters. The van der Waals surface area contributed by atoms with E-state index in [0.717, 1.165) is 19.3 Å². The van der Waals surface area contributed by atoms with Gasteiger partial charge in [-0.2, -0.15) is 0 Å². The highest BCUT2D eigenvalue weighted by Crippen LogP contribution is 2.40. The minimum absolute atomic E-state index is 0. The van der Waals surface area contributed by atoms with E-state index in [0.29, 0.717) is 30.6 Å². The van der Waals surface area contributed by atoms with Gasteiger partial charge in [-0.15, -0.1) is 24.8 Å². The summed E-state index contributed by atoms with van der Waals surface area (Å²) in [4.78, 5) is 11.2. The molecule has 2 aliphatic rings. The van der Waals surface area contributed by atoms with Gasteiger partial charge in [0.1, 0.15) is 0 Å². The maximum Gasteiger partial charge on any atom is 0.310 e. The van der Waals surface area contributed by atoms with Crippen LogP contribution in [0.1, 0.15) is 64.9 Å². The lowest BCUT2D eigenvalue weighted by atomic mass is 9.88. The Kier molecular flexibility index (Phi) is 10.9. The SMILES string of the molecule is CC/C(=C\c1ccccc1)C1CC1N[C@H]1CC[C@H](NCC(C)(C)C(=O)O)CC1.Cl.Cl. The minimum Gasteiger partial charge on any atom is -0.481 e. The van der Waals surface area contributed by atoms with Crippen molar-refractivity contribution in [1.82, 2.24) is 10.6 Å². The molecule has 2 aliphatic carbocycles. The Labute approximate surface area is 194 Å². The van der Waals surface area contributed by atoms with E-state index in [4.69, 9.17) is 0 Å². The molecule has 0 bridgehead atoms. The number of carboxylic acid groups (broad SMARTS) is 1. The van der Waals surface area contributed by atoms with Gasteiger partial charge in [0.05, 0.1) is 5.41 Å². The van der Waals surface area contributed by atoms with E-state index in [1.54, 1.807) is 19.4 Å². The van der Waals surface area contributed by atoms with Gasteiger partial charge in [0.2, 0.25) is 0 Å². The molecule has 6 heteroatoms. The Balaban J connectivity index is 0.00000225. The maximum absolute atomic E-state index is 11.2. The Hall–Kier alpha value is -1.07. The molecule has 1 aromatic carbocycles. The van der Waals surface area contributed by atoms with Crippen LogP contribution in [-0.4, -0.2) is 35.7 Å². The van der Waals surface area contributed by atoms with E-state index >= 15 is 0 Å². The average Bonchev–Trinajstić information content (AvgIpc) is 3.45. The Morgan fingerprint density at radius 3 is 2.27 bits per heavy atom. The normalized spacial score (nSPS) is 26.3. The molecule has 0 radical (unpaired) electrons. The topological polar surface area (TPSA) is 61.4 Å². The molecule has 0 aliphatic heterocycles. The first-order chi connectivity index (χ1) is 13.4. The van der Waals surface area contributed by atoms with Crippen molar-refractivity contribution in [2.45, 2.75) is 77.4 Å². The van der Waals surface area contributed by atoms with E-state index in [1.807, 2.05) is 0 Å². The van der Waals surface area contributed by atoms with Gasteiger partial charge >= 0.3 is 5.97 Å². The van der Waals surface area contributed by atoms with E-state index in [9.17, 15) is 9.90 Å². The fourth-order valence-corrected chi connectivity index (χ4v) is 4.27. The van der Waals surface area contributed by atoms with Crippen molar-refractivity contribution >= 4 is 36.9 Å². The van der Waals surface area contributed by atoms with Gasteiger partial charge in [-0.3, -0.25) is 4.79 Å². The number of halogens is 2. The van der Waals surface area contributed by atoms with Gasteiger partial charge in [0, 0.05) is 24.7 Å². The van der Waals surface area contributed by atoms with Crippen molar-refractivity contribution in [3.05, 3.63) is 41.5 Å². The van der Waals surface area contributed by atoms with E-state index < -0.39 is 11.4 Å². The third kappa shape index (κ3) is 7.56. The molecule has 3 N–H and O–H groups in total. The lowest BCUT2D eigenvalue weighted by Gasteiger charge is -2.32. The van der Waals surface area contributed by atoms with Crippen LogP contribution >= 0.6 is 24.8 Å². The highest BCUT2D eigenvalue weighted by Gasteiger charge is 2.40. The van der Waals surface area contributed by atoms with Crippen LogP contribution in [0.5, 0.6) is 0 Å². The summed E-state index contributed by atoms with van der Waals surface area (Å²) in [6, 6.07) is 12.3. The first kappa shape index (κ1) is 27.0. The number of aliphatic carboxylic acids is 1.